The van der Waals surface area contributed by atoms with Gasteiger partial charge >= 0.3 is 0 Å². The third kappa shape index (κ3) is 7.43. The van der Waals surface area contributed by atoms with Gasteiger partial charge in [0, 0.05) is 43.9 Å². The zero-order valence-corrected chi connectivity index (χ0v) is 31.1. The number of piperidine rings is 2. The van der Waals surface area contributed by atoms with E-state index in [4.69, 9.17) is 20.3 Å². The highest BCUT2D eigenvalue weighted by atomic mass is 16.5. The van der Waals surface area contributed by atoms with Crippen LogP contribution in [0.1, 0.15) is 69.2 Å². The number of aromatic nitrogens is 2. The number of fused-ring (bicyclic) bond motifs is 2. The molecule has 57 heavy (non-hydrogen) atoms. The number of rotatable bonds is 12. The molecule has 294 valence electrons. The fraction of sp³-hybridized carbons (Fsp3) is 0.341. The maximum atomic E-state index is 13.3. The van der Waals surface area contributed by atoms with E-state index in [1.807, 2.05) is 59.3 Å². The molecule has 5 N–H and O–H groups in total. The number of carbonyl (C=O) groups excluding carboxylic acids is 6. The standard InChI is InChI=1S/C41H42N8O8/c42-37(52)35-36(25-9-11-27(12-10-25)57-26-5-2-1-3-6-26)46-49-30(15-18-44-38(35)49)24-16-20-47(21-17-24)33(51)23-56-22-19-43-29-8-4-7-28-34(29)41(55)48(40(28)54)31-13-14-32(50)45-39(31)53/h1-12,24,30-31,43-44H,13-23H2,(H2,42,52)(H,45,50,53)/t30-,31?/m0/s1. The number of primary amides is 1. The van der Waals surface area contributed by atoms with Gasteiger partial charge in [0.1, 0.15) is 41.2 Å². The van der Waals surface area contributed by atoms with Crippen LogP contribution in [0.15, 0.2) is 72.8 Å². The van der Waals surface area contributed by atoms with Crippen LogP contribution in [0.5, 0.6) is 11.5 Å². The van der Waals surface area contributed by atoms with Crippen LogP contribution < -0.4 is 26.4 Å². The number of imide groups is 2. The molecule has 16 nitrogen and oxygen atoms in total. The van der Waals surface area contributed by atoms with E-state index in [0.717, 1.165) is 35.5 Å². The number of nitrogens with one attached hydrogen (secondary N) is 3. The second-order valence-electron chi connectivity index (χ2n) is 14.5. The van der Waals surface area contributed by atoms with Crippen LogP contribution in [0.3, 0.4) is 0 Å². The molecule has 0 aliphatic carbocycles. The molecule has 4 aliphatic rings. The lowest BCUT2D eigenvalue weighted by atomic mass is 9.87. The van der Waals surface area contributed by atoms with Gasteiger partial charge in [-0.3, -0.25) is 39.0 Å². The van der Waals surface area contributed by atoms with E-state index < -0.39 is 35.6 Å². The molecule has 5 heterocycles. The van der Waals surface area contributed by atoms with E-state index in [2.05, 4.69) is 16.0 Å². The van der Waals surface area contributed by atoms with Crippen molar-refractivity contribution < 1.29 is 38.2 Å². The van der Waals surface area contributed by atoms with Gasteiger partial charge in [0.15, 0.2) is 0 Å². The largest absolute Gasteiger partial charge is 0.457 e. The number of amides is 6. The third-order valence-electron chi connectivity index (χ3n) is 11.0. The number of para-hydroxylation sites is 1. The van der Waals surface area contributed by atoms with Crippen molar-refractivity contribution in [1.29, 1.82) is 0 Å². The average molecular weight is 775 g/mol. The summed E-state index contributed by atoms with van der Waals surface area (Å²) in [7, 11) is 0. The molecule has 2 fully saturated rings. The number of carbonyl (C=O) groups is 6. The minimum Gasteiger partial charge on any atom is -0.457 e. The quantitative estimate of drug-likeness (QED) is 0.121. The second kappa shape index (κ2) is 15.9. The number of benzene rings is 3. The molecule has 1 aromatic heterocycles. The Balaban J connectivity index is 0.834. The summed E-state index contributed by atoms with van der Waals surface area (Å²) in [6.07, 6.45) is 2.43. The molecule has 0 saturated carbocycles. The van der Waals surface area contributed by atoms with Crippen LogP contribution in [0.25, 0.3) is 11.3 Å². The summed E-state index contributed by atoms with van der Waals surface area (Å²) >= 11 is 0. The zero-order valence-electron chi connectivity index (χ0n) is 31.1. The highest BCUT2D eigenvalue weighted by Gasteiger charge is 2.45. The van der Waals surface area contributed by atoms with Crippen LogP contribution in [-0.4, -0.2) is 100 Å². The minimum atomic E-state index is -1.05. The summed E-state index contributed by atoms with van der Waals surface area (Å²) in [5.41, 5.74) is 8.27. The van der Waals surface area contributed by atoms with Gasteiger partial charge in [-0.25, -0.2) is 4.68 Å². The van der Waals surface area contributed by atoms with Gasteiger partial charge < -0.3 is 30.7 Å². The molecule has 0 bridgehead atoms. The predicted octanol–water partition coefficient (Wildman–Crippen LogP) is 3.57. The van der Waals surface area contributed by atoms with Crippen LogP contribution in [0, 0.1) is 5.92 Å². The summed E-state index contributed by atoms with van der Waals surface area (Å²) in [5, 5.41) is 13.6. The van der Waals surface area contributed by atoms with Gasteiger partial charge in [-0.05, 0) is 80.1 Å². The van der Waals surface area contributed by atoms with Gasteiger partial charge in [0.2, 0.25) is 17.7 Å². The first kappa shape index (κ1) is 37.4. The molecule has 16 heteroatoms. The van der Waals surface area contributed by atoms with E-state index in [1.54, 1.807) is 17.0 Å². The van der Waals surface area contributed by atoms with Gasteiger partial charge in [-0.15, -0.1) is 0 Å². The van der Waals surface area contributed by atoms with Crippen LogP contribution in [-0.2, 0) is 19.1 Å². The monoisotopic (exact) mass is 774 g/mol. The third-order valence-corrected chi connectivity index (χ3v) is 11.0. The Morgan fingerprint density at radius 3 is 2.37 bits per heavy atom. The lowest BCUT2D eigenvalue weighted by Crippen LogP contribution is -2.54. The first-order valence-electron chi connectivity index (χ1n) is 19.1. The smallest absolute Gasteiger partial charge is 0.264 e. The van der Waals surface area contributed by atoms with Crippen molar-refractivity contribution in [3.63, 3.8) is 0 Å². The number of ether oxygens (including phenoxy) is 2. The maximum Gasteiger partial charge on any atom is 0.264 e. The Morgan fingerprint density at radius 2 is 1.63 bits per heavy atom. The number of hydrogen-bond acceptors (Lipinski definition) is 11. The molecule has 8 rings (SSSR count). The molecular weight excluding hydrogens is 732 g/mol. The fourth-order valence-electron chi connectivity index (χ4n) is 8.19. The summed E-state index contributed by atoms with van der Waals surface area (Å²) in [4.78, 5) is 79.1. The van der Waals surface area contributed by atoms with E-state index in [9.17, 15) is 28.8 Å². The molecule has 3 aromatic carbocycles. The summed E-state index contributed by atoms with van der Waals surface area (Å²) < 4.78 is 13.6. The first-order chi connectivity index (χ1) is 27.7. The van der Waals surface area contributed by atoms with Crippen molar-refractivity contribution in [2.45, 2.75) is 44.2 Å². The molecular formula is C41H42N8O8. The van der Waals surface area contributed by atoms with Gasteiger partial charge in [-0.2, -0.15) is 5.10 Å². The molecule has 0 radical (unpaired) electrons. The van der Waals surface area contributed by atoms with Crippen molar-refractivity contribution in [3.05, 3.63) is 89.5 Å². The van der Waals surface area contributed by atoms with E-state index in [1.165, 1.54) is 6.07 Å². The van der Waals surface area contributed by atoms with Crippen LogP contribution in [0.2, 0.25) is 0 Å². The molecule has 4 aromatic rings. The number of likely N-dealkylation sites (tertiary alicyclic amines) is 1. The summed E-state index contributed by atoms with van der Waals surface area (Å²) in [6.45, 7) is 2.08. The number of hydrogen-bond donors (Lipinski definition) is 4. The van der Waals surface area contributed by atoms with Crippen molar-refractivity contribution in [1.82, 2.24) is 24.9 Å². The van der Waals surface area contributed by atoms with Crippen molar-refractivity contribution in [3.8, 4) is 22.8 Å². The number of nitrogens with two attached hydrogens (primary N) is 1. The zero-order chi connectivity index (χ0) is 39.6. The maximum absolute atomic E-state index is 13.3. The molecule has 6 amide bonds. The topological polar surface area (TPSA) is 207 Å². The van der Waals surface area contributed by atoms with Crippen molar-refractivity contribution in [2.75, 3.05) is 50.0 Å². The molecule has 0 spiro atoms. The van der Waals surface area contributed by atoms with E-state index in [-0.39, 0.29) is 61.6 Å². The molecule has 2 atom stereocenters. The SMILES string of the molecule is NC(=O)c1c(-c2ccc(Oc3ccccc3)cc2)nn2c1NCC[C@H]2C1CCN(C(=O)COCCNc2cccc3c2C(=O)N(C2CCC(=O)NC2=O)C3=O)CC1. The van der Waals surface area contributed by atoms with Gasteiger partial charge in [0.05, 0.1) is 23.8 Å². The normalized spacial score (nSPS) is 19.4. The van der Waals surface area contributed by atoms with Crippen LogP contribution >= 0.6 is 0 Å². The average Bonchev–Trinajstić information content (AvgIpc) is 3.74. The fourth-order valence-corrected chi connectivity index (χ4v) is 8.19. The Bertz CT molecular complexity index is 2230. The van der Waals surface area contributed by atoms with Gasteiger partial charge in [-0.1, -0.05) is 24.3 Å². The number of anilines is 2. The first-order valence-corrected chi connectivity index (χ1v) is 19.1. The molecule has 2 saturated heterocycles. The summed E-state index contributed by atoms with van der Waals surface area (Å²) in [5.74, 6) is -0.770. The summed E-state index contributed by atoms with van der Waals surface area (Å²) in [6, 6.07) is 20.7. The minimum absolute atomic E-state index is 0.0195. The van der Waals surface area contributed by atoms with E-state index in [0.29, 0.717) is 48.1 Å². The Hall–Kier alpha value is -6.55. The number of nitrogens with zero attached hydrogens (tertiary/aromatic N) is 4. The molecule has 1 unspecified atom stereocenters. The Labute approximate surface area is 327 Å². The Kier molecular flexibility index (Phi) is 10.4. The lowest BCUT2D eigenvalue weighted by Gasteiger charge is -2.38. The van der Waals surface area contributed by atoms with Crippen molar-refractivity contribution in [2.24, 2.45) is 11.7 Å². The van der Waals surface area contributed by atoms with Crippen LogP contribution in [0.4, 0.5) is 11.5 Å². The van der Waals surface area contributed by atoms with Gasteiger partial charge in [0.25, 0.3) is 17.7 Å². The lowest BCUT2D eigenvalue weighted by molar-refractivity contribution is -0.138. The highest BCUT2D eigenvalue weighted by Crippen LogP contribution is 2.40. The highest BCUT2D eigenvalue weighted by molar-refractivity contribution is 6.25. The van der Waals surface area contributed by atoms with Crippen molar-refractivity contribution >= 4 is 46.9 Å². The molecule has 4 aliphatic heterocycles. The Morgan fingerprint density at radius 1 is 0.877 bits per heavy atom. The van der Waals surface area contributed by atoms with E-state index >= 15 is 0 Å². The second-order valence-corrected chi connectivity index (χ2v) is 14.5. The predicted molar refractivity (Wildman–Crippen MR) is 207 cm³/mol.